The molecule has 1 aliphatic heterocycles. The Labute approximate surface area is 124 Å². The first-order chi connectivity index (χ1) is 9.68. The predicted molar refractivity (Wildman–Crippen MR) is 82.9 cm³/mol. The topological polar surface area (TPSA) is 55.1 Å². The van der Waals surface area contributed by atoms with Crippen LogP contribution in [-0.4, -0.2) is 23.7 Å². The first-order valence-corrected chi connectivity index (χ1v) is 8.45. The molecule has 1 aromatic carbocycles. The van der Waals surface area contributed by atoms with Gasteiger partial charge in [-0.1, -0.05) is 37.5 Å². The number of benzene rings is 1. The molecule has 1 amide bonds. The van der Waals surface area contributed by atoms with Crippen LogP contribution in [0.2, 0.25) is 0 Å². The highest BCUT2D eigenvalue weighted by Crippen LogP contribution is 2.39. The SMILES string of the molecule is NC1(CNC(=O)C2CSc3ccccc32)CCCCC1. The van der Waals surface area contributed by atoms with Crippen molar-refractivity contribution in [2.75, 3.05) is 12.3 Å². The van der Waals surface area contributed by atoms with Gasteiger partial charge in [0.25, 0.3) is 0 Å². The standard InChI is InChI=1S/C16H22N2OS/c17-16(8-4-1-5-9-16)11-18-15(19)13-10-20-14-7-3-2-6-12(13)14/h2-3,6-7,13H,1,4-5,8-11,17H2,(H,18,19). The Hall–Kier alpha value is -1.00. The van der Waals surface area contributed by atoms with Gasteiger partial charge in [-0.05, 0) is 24.5 Å². The van der Waals surface area contributed by atoms with Crippen LogP contribution in [0.15, 0.2) is 29.2 Å². The number of fused-ring (bicyclic) bond motifs is 1. The Kier molecular flexibility index (Phi) is 4.03. The molecule has 0 saturated heterocycles. The van der Waals surface area contributed by atoms with E-state index in [0.717, 1.165) is 18.6 Å². The number of nitrogens with one attached hydrogen (secondary N) is 1. The molecular formula is C16H22N2OS. The summed E-state index contributed by atoms with van der Waals surface area (Å²) in [6, 6.07) is 8.21. The Morgan fingerprint density at radius 1 is 1.30 bits per heavy atom. The molecule has 0 bridgehead atoms. The van der Waals surface area contributed by atoms with Gasteiger partial charge in [-0.25, -0.2) is 0 Å². The molecule has 1 unspecified atom stereocenters. The van der Waals surface area contributed by atoms with E-state index in [-0.39, 0.29) is 17.4 Å². The van der Waals surface area contributed by atoms with Gasteiger partial charge < -0.3 is 11.1 Å². The molecule has 3 nitrogen and oxygen atoms in total. The lowest BCUT2D eigenvalue weighted by molar-refractivity contribution is -0.122. The average molecular weight is 290 g/mol. The summed E-state index contributed by atoms with van der Waals surface area (Å²) in [6.45, 7) is 0.620. The molecule has 1 heterocycles. The van der Waals surface area contributed by atoms with Crippen LogP contribution in [0.5, 0.6) is 0 Å². The molecule has 2 aliphatic rings. The quantitative estimate of drug-likeness (QED) is 0.900. The molecule has 1 fully saturated rings. The number of hydrogen-bond acceptors (Lipinski definition) is 3. The van der Waals surface area contributed by atoms with Crippen LogP contribution < -0.4 is 11.1 Å². The number of carbonyl (C=O) groups is 1. The smallest absolute Gasteiger partial charge is 0.228 e. The fourth-order valence-corrected chi connectivity index (χ4v) is 4.43. The highest BCUT2D eigenvalue weighted by molar-refractivity contribution is 7.99. The minimum atomic E-state index is -0.181. The monoisotopic (exact) mass is 290 g/mol. The van der Waals surface area contributed by atoms with Crippen molar-refractivity contribution in [3.8, 4) is 0 Å². The van der Waals surface area contributed by atoms with E-state index in [0.29, 0.717) is 6.54 Å². The van der Waals surface area contributed by atoms with Gasteiger partial charge in [0.15, 0.2) is 0 Å². The van der Waals surface area contributed by atoms with Gasteiger partial charge >= 0.3 is 0 Å². The minimum Gasteiger partial charge on any atom is -0.354 e. The van der Waals surface area contributed by atoms with Gasteiger partial charge in [0.1, 0.15) is 0 Å². The van der Waals surface area contributed by atoms with E-state index >= 15 is 0 Å². The third kappa shape index (κ3) is 2.86. The molecule has 108 valence electrons. The molecule has 4 heteroatoms. The lowest BCUT2D eigenvalue weighted by Crippen LogP contribution is -2.52. The zero-order chi connectivity index (χ0) is 14.0. The molecule has 0 aromatic heterocycles. The number of nitrogens with two attached hydrogens (primary N) is 1. The summed E-state index contributed by atoms with van der Waals surface area (Å²) < 4.78 is 0. The van der Waals surface area contributed by atoms with Crippen LogP contribution in [-0.2, 0) is 4.79 Å². The summed E-state index contributed by atoms with van der Waals surface area (Å²) in [5, 5.41) is 3.10. The molecular weight excluding hydrogens is 268 g/mol. The summed E-state index contributed by atoms with van der Waals surface area (Å²) in [5.74, 6) is 0.976. The Morgan fingerprint density at radius 3 is 2.85 bits per heavy atom. The predicted octanol–water partition coefficient (Wildman–Crippen LogP) is 2.65. The molecule has 1 saturated carbocycles. The second kappa shape index (κ2) is 5.78. The fourth-order valence-electron chi connectivity index (χ4n) is 3.20. The molecule has 3 N–H and O–H groups in total. The van der Waals surface area contributed by atoms with Crippen molar-refractivity contribution in [1.82, 2.24) is 5.32 Å². The van der Waals surface area contributed by atoms with Crippen LogP contribution in [0.4, 0.5) is 0 Å². The summed E-state index contributed by atoms with van der Waals surface area (Å²) in [4.78, 5) is 13.7. The molecule has 3 rings (SSSR count). The zero-order valence-electron chi connectivity index (χ0n) is 11.7. The molecule has 20 heavy (non-hydrogen) atoms. The van der Waals surface area contributed by atoms with E-state index in [1.54, 1.807) is 11.8 Å². The Balaban J connectivity index is 1.60. The van der Waals surface area contributed by atoms with Gasteiger partial charge in [0.05, 0.1) is 5.92 Å². The van der Waals surface area contributed by atoms with Crippen LogP contribution in [0.3, 0.4) is 0 Å². The lowest BCUT2D eigenvalue weighted by Gasteiger charge is -2.33. The van der Waals surface area contributed by atoms with Gasteiger partial charge in [-0.2, -0.15) is 0 Å². The van der Waals surface area contributed by atoms with Crippen molar-refractivity contribution >= 4 is 17.7 Å². The van der Waals surface area contributed by atoms with Gasteiger partial charge in [0.2, 0.25) is 5.91 Å². The largest absolute Gasteiger partial charge is 0.354 e. The summed E-state index contributed by atoms with van der Waals surface area (Å²) in [6.07, 6.45) is 5.72. The van der Waals surface area contributed by atoms with Crippen molar-refractivity contribution in [3.05, 3.63) is 29.8 Å². The number of carbonyl (C=O) groups excluding carboxylic acids is 1. The Bertz CT molecular complexity index is 497. The number of rotatable bonds is 3. The maximum absolute atomic E-state index is 12.4. The van der Waals surface area contributed by atoms with Crippen LogP contribution >= 0.6 is 11.8 Å². The second-order valence-electron chi connectivity index (χ2n) is 6.04. The minimum absolute atomic E-state index is 0.0107. The van der Waals surface area contributed by atoms with Crippen molar-refractivity contribution in [3.63, 3.8) is 0 Å². The van der Waals surface area contributed by atoms with Crippen molar-refractivity contribution in [2.24, 2.45) is 5.73 Å². The molecule has 1 aliphatic carbocycles. The van der Waals surface area contributed by atoms with Crippen LogP contribution in [0.1, 0.15) is 43.6 Å². The summed E-state index contributed by atoms with van der Waals surface area (Å²) in [5.41, 5.74) is 7.37. The normalized spacial score (nSPS) is 24.1. The molecule has 1 atom stereocenters. The first kappa shape index (κ1) is 14.0. The highest BCUT2D eigenvalue weighted by Gasteiger charge is 2.32. The summed E-state index contributed by atoms with van der Waals surface area (Å²) in [7, 11) is 0. The third-order valence-corrected chi connectivity index (χ3v) is 5.66. The lowest BCUT2D eigenvalue weighted by atomic mass is 9.82. The molecule has 1 aromatic rings. The van der Waals surface area contributed by atoms with E-state index in [1.165, 1.54) is 29.7 Å². The van der Waals surface area contributed by atoms with E-state index < -0.39 is 0 Å². The fraction of sp³-hybridized carbons (Fsp3) is 0.562. The van der Waals surface area contributed by atoms with E-state index in [1.807, 2.05) is 12.1 Å². The first-order valence-electron chi connectivity index (χ1n) is 7.46. The number of thioether (sulfide) groups is 1. The van der Waals surface area contributed by atoms with Gasteiger partial charge in [-0.3, -0.25) is 4.79 Å². The van der Waals surface area contributed by atoms with Crippen molar-refractivity contribution < 1.29 is 4.79 Å². The van der Waals surface area contributed by atoms with Gasteiger partial charge in [0, 0.05) is 22.7 Å². The highest BCUT2D eigenvalue weighted by atomic mass is 32.2. The van der Waals surface area contributed by atoms with E-state index in [4.69, 9.17) is 5.73 Å². The second-order valence-corrected chi connectivity index (χ2v) is 7.10. The van der Waals surface area contributed by atoms with Crippen molar-refractivity contribution in [1.29, 1.82) is 0 Å². The van der Waals surface area contributed by atoms with E-state index in [9.17, 15) is 4.79 Å². The molecule has 0 radical (unpaired) electrons. The number of hydrogen-bond donors (Lipinski definition) is 2. The maximum atomic E-state index is 12.4. The maximum Gasteiger partial charge on any atom is 0.228 e. The van der Waals surface area contributed by atoms with Crippen LogP contribution in [0, 0.1) is 0 Å². The van der Waals surface area contributed by atoms with Gasteiger partial charge in [-0.15, -0.1) is 11.8 Å². The average Bonchev–Trinajstić information content (AvgIpc) is 2.90. The Morgan fingerprint density at radius 2 is 2.05 bits per heavy atom. The van der Waals surface area contributed by atoms with E-state index in [2.05, 4.69) is 17.4 Å². The summed E-state index contributed by atoms with van der Waals surface area (Å²) >= 11 is 1.77. The van der Waals surface area contributed by atoms with Crippen molar-refractivity contribution in [2.45, 2.75) is 48.5 Å². The van der Waals surface area contributed by atoms with Crippen LogP contribution in [0.25, 0.3) is 0 Å². The molecule has 0 spiro atoms. The zero-order valence-corrected chi connectivity index (χ0v) is 12.5. The number of amides is 1. The third-order valence-electron chi connectivity index (χ3n) is 4.48.